The zero-order valence-corrected chi connectivity index (χ0v) is 7.01. The van der Waals surface area contributed by atoms with Crippen LogP contribution in [0.25, 0.3) is 0 Å². The molecule has 0 unspecified atom stereocenters. The van der Waals surface area contributed by atoms with Gasteiger partial charge in [0.15, 0.2) is 0 Å². The molecule has 2 nitrogen and oxygen atoms in total. The SMILES string of the molecule is COC[C@@H]1N(C)C2CC1(F)C2. The first-order valence-corrected chi connectivity index (χ1v) is 4.07. The Balaban J connectivity index is 2.07. The maximum atomic E-state index is 13.7. The largest absolute Gasteiger partial charge is 0.383 e. The van der Waals surface area contributed by atoms with E-state index in [1.165, 1.54) is 0 Å². The van der Waals surface area contributed by atoms with Gasteiger partial charge in [0.1, 0.15) is 5.67 Å². The molecule has 3 heteroatoms. The first-order valence-electron chi connectivity index (χ1n) is 4.07. The Bertz CT molecular complexity index is 167. The van der Waals surface area contributed by atoms with Gasteiger partial charge < -0.3 is 4.74 Å². The number of methoxy groups -OCH3 is 1. The molecule has 2 saturated heterocycles. The van der Waals surface area contributed by atoms with Crippen LogP contribution in [-0.4, -0.2) is 43.4 Å². The number of hydrogen-bond acceptors (Lipinski definition) is 2. The van der Waals surface area contributed by atoms with E-state index in [4.69, 9.17) is 4.74 Å². The van der Waals surface area contributed by atoms with E-state index < -0.39 is 5.67 Å². The lowest BCUT2D eigenvalue weighted by molar-refractivity contribution is 0.0492. The van der Waals surface area contributed by atoms with Crippen molar-refractivity contribution < 1.29 is 9.13 Å². The maximum Gasteiger partial charge on any atom is 0.131 e. The highest BCUT2D eigenvalue weighted by atomic mass is 19.1. The Morgan fingerprint density at radius 3 is 2.64 bits per heavy atom. The average molecular weight is 159 g/mol. The first kappa shape index (κ1) is 7.50. The highest BCUT2D eigenvalue weighted by molar-refractivity contribution is 5.15. The lowest BCUT2D eigenvalue weighted by atomic mass is 9.80. The van der Waals surface area contributed by atoms with E-state index in [0.717, 1.165) is 12.8 Å². The van der Waals surface area contributed by atoms with Crippen molar-refractivity contribution >= 4 is 0 Å². The molecule has 1 saturated carbocycles. The van der Waals surface area contributed by atoms with Gasteiger partial charge in [-0.05, 0) is 19.9 Å². The van der Waals surface area contributed by atoms with Crippen molar-refractivity contribution in [2.45, 2.75) is 30.6 Å². The Morgan fingerprint density at radius 1 is 1.64 bits per heavy atom. The van der Waals surface area contributed by atoms with Crippen molar-refractivity contribution in [1.82, 2.24) is 4.90 Å². The third-order valence-electron chi connectivity index (χ3n) is 3.14. The molecule has 1 aliphatic carbocycles. The standard InChI is InChI=1S/C8H14FNO/c1-10-6-3-8(9,4-6)7(10)5-11-2/h6-7H,3-5H2,1-2H3/t6?,7-,8?/m0/s1. The summed E-state index contributed by atoms with van der Waals surface area (Å²) in [5.74, 6) is 0. The molecule has 0 radical (unpaired) electrons. The molecule has 1 atom stereocenters. The van der Waals surface area contributed by atoms with Crippen LogP contribution >= 0.6 is 0 Å². The molecule has 3 aliphatic rings. The zero-order valence-electron chi connectivity index (χ0n) is 7.01. The van der Waals surface area contributed by atoms with E-state index in [2.05, 4.69) is 4.90 Å². The summed E-state index contributed by atoms with van der Waals surface area (Å²) >= 11 is 0. The van der Waals surface area contributed by atoms with Crippen molar-refractivity contribution in [2.75, 3.05) is 20.8 Å². The number of alkyl halides is 1. The molecule has 3 fully saturated rings. The van der Waals surface area contributed by atoms with Crippen LogP contribution in [-0.2, 0) is 4.74 Å². The molecule has 2 aliphatic heterocycles. The molecule has 2 heterocycles. The summed E-state index contributed by atoms with van der Waals surface area (Å²) in [5.41, 5.74) is -0.921. The Kier molecular flexibility index (Phi) is 1.48. The topological polar surface area (TPSA) is 12.5 Å². The number of likely N-dealkylation sites (N-methyl/N-ethyl adjacent to an activating group) is 1. The number of ether oxygens (including phenoxy) is 1. The van der Waals surface area contributed by atoms with Crippen molar-refractivity contribution in [2.24, 2.45) is 0 Å². The van der Waals surface area contributed by atoms with Crippen LogP contribution in [0.4, 0.5) is 4.39 Å². The minimum absolute atomic E-state index is 0.0116. The van der Waals surface area contributed by atoms with Crippen LogP contribution < -0.4 is 0 Å². The fourth-order valence-corrected chi connectivity index (χ4v) is 2.33. The lowest BCUT2D eigenvalue weighted by Crippen LogP contribution is -2.41. The van der Waals surface area contributed by atoms with Crippen LogP contribution in [0.5, 0.6) is 0 Å². The van der Waals surface area contributed by atoms with Gasteiger partial charge in [-0.3, -0.25) is 4.90 Å². The second-order valence-electron chi connectivity index (χ2n) is 3.73. The van der Waals surface area contributed by atoms with Gasteiger partial charge >= 0.3 is 0 Å². The van der Waals surface area contributed by atoms with E-state index in [9.17, 15) is 4.39 Å². The van der Waals surface area contributed by atoms with Gasteiger partial charge in [-0.25, -0.2) is 4.39 Å². The number of nitrogens with zero attached hydrogens (tertiary/aromatic N) is 1. The third kappa shape index (κ3) is 0.842. The van der Waals surface area contributed by atoms with Gasteiger partial charge in [-0.15, -0.1) is 0 Å². The van der Waals surface area contributed by atoms with Crippen molar-refractivity contribution in [3.63, 3.8) is 0 Å². The molecular weight excluding hydrogens is 145 g/mol. The normalized spacial score (nSPS) is 49.4. The summed E-state index contributed by atoms with van der Waals surface area (Å²) < 4.78 is 18.6. The number of rotatable bonds is 2. The van der Waals surface area contributed by atoms with Gasteiger partial charge in [-0.2, -0.15) is 0 Å². The quantitative estimate of drug-likeness (QED) is 0.591. The molecule has 11 heavy (non-hydrogen) atoms. The highest BCUT2D eigenvalue weighted by Crippen LogP contribution is 2.51. The van der Waals surface area contributed by atoms with Crippen molar-refractivity contribution in [3.05, 3.63) is 0 Å². The zero-order chi connectivity index (χ0) is 8.06. The molecule has 64 valence electrons. The molecule has 0 aromatic carbocycles. The second-order valence-corrected chi connectivity index (χ2v) is 3.73. The predicted molar refractivity (Wildman–Crippen MR) is 40.3 cm³/mol. The fourth-order valence-electron chi connectivity index (χ4n) is 2.33. The lowest BCUT2D eigenvalue weighted by Gasteiger charge is -2.30. The van der Waals surface area contributed by atoms with Crippen LogP contribution in [0.3, 0.4) is 0 Å². The van der Waals surface area contributed by atoms with E-state index in [1.54, 1.807) is 7.11 Å². The van der Waals surface area contributed by atoms with Crippen molar-refractivity contribution in [3.8, 4) is 0 Å². The minimum Gasteiger partial charge on any atom is -0.383 e. The summed E-state index contributed by atoms with van der Waals surface area (Å²) in [7, 11) is 3.62. The minimum atomic E-state index is -0.921. The molecule has 0 aromatic rings. The molecule has 3 rings (SSSR count). The van der Waals surface area contributed by atoms with E-state index >= 15 is 0 Å². The number of hydrogen-bond donors (Lipinski definition) is 0. The summed E-state index contributed by atoms with van der Waals surface area (Å²) in [4.78, 5) is 2.11. The van der Waals surface area contributed by atoms with Gasteiger partial charge in [0.25, 0.3) is 0 Å². The number of halogens is 1. The summed E-state index contributed by atoms with van der Waals surface area (Å²) in [6, 6.07) is 0.498. The third-order valence-corrected chi connectivity index (χ3v) is 3.14. The van der Waals surface area contributed by atoms with Gasteiger partial charge in [0, 0.05) is 13.2 Å². The summed E-state index contributed by atoms with van der Waals surface area (Å²) in [5, 5.41) is 0. The molecule has 0 N–H and O–H groups in total. The highest BCUT2D eigenvalue weighted by Gasteiger charge is 2.61. The van der Waals surface area contributed by atoms with Crippen LogP contribution in [0.15, 0.2) is 0 Å². The van der Waals surface area contributed by atoms with Crippen molar-refractivity contribution in [1.29, 1.82) is 0 Å². The Labute approximate surface area is 66.3 Å². The van der Waals surface area contributed by atoms with Gasteiger partial charge in [0.05, 0.1) is 12.6 Å². The van der Waals surface area contributed by atoms with E-state index in [0.29, 0.717) is 12.6 Å². The number of fused-ring (bicyclic) bond motifs is 1. The van der Waals surface area contributed by atoms with E-state index in [1.807, 2.05) is 7.05 Å². The Morgan fingerprint density at radius 2 is 2.27 bits per heavy atom. The molecule has 0 amide bonds. The molecule has 0 aromatic heterocycles. The molecular formula is C8H14FNO. The van der Waals surface area contributed by atoms with Crippen LogP contribution in [0.2, 0.25) is 0 Å². The van der Waals surface area contributed by atoms with Crippen LogP contribution in [0.1, 0.15) is 12.8 Å². The van der Waals surface area contributed by atoms with Gasteiger partial charge in [0.2, 0.25) is 0 Å². The smallest absolute Gasteiger partial charge is 0.131 e. The predicted octanol–water partition coefficient (Wildman–Crippen LogP) is 0.818. The maximum absolute atomic E-state index is 13.7. The van der Waals surface area contributed by atoms with Gasteiger partial charge in [-0.1, -0.05) is 0 Å². The second kappa shape index (κ2) is 2.17. The molecule has 0 spiro atoms. The van der Waals surface area contributed by atoms with Crippen LogP contribution in [0, 0.1) is 0 Å². The van der Waals surface area contributed by atoms with E-state index in [-0.39, 0.29) is 6.04 Å². The Hall–Kier alpha value is -0.150. The monoisotopic (exact) mass is 159 g/mol. The summed E-state index contributed by atoms with van der Waals surface area (Å²) in [6.07, 6.45) is 1.44. The molecule has 2 bridgehead atoms. The fraction of sp³-hybridized carbons (Fsp3) is 1.00. The average Bonchev–Trinajstić information content (AvgIpc) is 2.22. The summed E-state index contributed by atoms with van der Waals surface area (Å²) in [6.45, 7) is 0.531. The first-order chi connectivity index (χ1) is 5.17.